The van der Waals surface area contributed by atoms with Gasteiger partial charge in [-0.25, -0.2) is 0 Å². The van der Waals surface area contributed by atoms with Gasteiger partial charge in [0.05, 0.1) is 0 Å². The van der Waals surface area contributed by atoms with Gasteiger partial charge >= 0.3 is 0 Å². The highest BCUT2D eigenvalue weighted by molar-refractivity contribution is 5.75. The van der Waals surface area contributed by atoms with Crippen LogP contribution < -0.4 is 4.74 Å². The van der Waals surface area contributed by atoms with Crippen molar-refractivity contribution in [3.05, 3.63) is 84.1 Å². The van der Waals surface area contributed by atoms with Gasteiger partial charge in [0, 0.05) is 11.1 Å². The van der Waals surface area contributed by atoms with E-state index in [1.54, 1.807) is 0 Å². The molecule has 2 nitrogen and oxygen atoms in total. The van der Waals surface area contributed by atoms with Crippen LogP contribution >= 0.6 is 0 Å². The van der Waals surface area contributed by atoms with Gasteiger partial charge < -0.3 is 9.15 Å². The molecule has 0 saturated heterocycles. The highest BCUT2D eigenvalue weighted by atomic mass is 16.5. The van der Waals surface area contributed by atoms with Crippen LogP contribution in [-0.4, -0.2) is 0 Å². The summed E-state index contributed by atoms with van der Waals surface area (Å²) in [5.74, 6) is 2.53. The van der Waals surface area contributed by atoms with Gasteiger partial charge in [0.1, 0.15) is 23.9 Å². The lowest BCUT2D eigenvalue weighted by Crippen LogP contribution is -1.97. The predicted molar refractivity (Wildman–Crippen MR) is 89.7 cm³/mol. The van der Waals surface area contributed by atoms with E-state index < -0.39 is 0 Å². The van der Waals surface area contributed by atoms with Crippen LogP contribution in [0.1, 0.15) is 16.9 Å². The van der Waals surface area contributed by atoms with E-state index in [1.165, 1.54) is 0 Å². The van der Waals surface area contributed by atoms with Crippen LogP contribution in [-0.2, 0) is 6.61 Å². The van der Waals surface area contributed by atoms with Crippen molar-refractivity contribution in [2.24, 2.45) is 0 Å². The lowest BCUT2D eigenvalue weighted by molar-refractivity contribution is 0.305. The molecule has 3 aromatic rings. The Labute approximate surface area is 130 Å². The van der Waals surface area contributed by atoms with Gasteiger partial charge in [0.2, 0.25) is 0 Å². The molecule has 2 aromatic carbocycles. The number of hydrogen-bond donors (Lipinski definition) is 0. The van der Waals surface area contributed by atoms with Crippen molar-refractivity contribution in [1.29, 1.82) is 0 Å². The lowest BCUT2D eigenvalue weighted by Gasteiger charge is -2.12. The summed E-state index contributed by atoms with van der Waals surface area (Å²) >= 11 is 0. The Kier molecular flexibility index (Phi) is 4.10. The molecule has 1 heterocycles. The number of benzene rings is 2. The standard InChI is InChI=1S/C20H18O2/c1-3-17-18(20-13-12-15(2)22-20)10-7-11-19(17)21-14-16-8-5-4-6-9-16/h3-13H,1,14H2,2H3. The minimum absolute atomic E-state index is 0.530. The molecule has 0 unspecified atom stereocenters. The quantitative estimate of drug-likeness (QED) is 0.621. The van der Waals surface area contributed by atoms with Gasteiger partial charge in [-0.05, 0) is 30.7 Å². The minimum atomic E-state index is 0.530. The van der Waals surface area contributed by atoms with Crippen molar-refractivity contribution in [2.45, 2.75) is 13.5 Å². The molecule has 22 heavy (non-hydrogen) atoms. The van der Waals surface area contributed by atoms with Gasteiger partial charge in [-0.15, -0.1) is 0 Å². The second kappa shape index (κ2) is 6.35. The zero-order valence-electron chi connectivity index (χ0n) is 12.6. The molecule has 2 heteroatoms. The summed E-state index contributed by atoms with van der Waals surface area (Å²) < 4.78 is 11.7. The number of aryl methyl sites for hydroxylation is 1. The summed E-state index contributed by atoms with van der Waals surface area (Å²) in [5.41, 5.74) is 3.08. The molecule has 0 saturated carbocycles. The Hall–Kier alpha value is -2.74. The third-order valence-electron chi connectivity index (χ3n) is 3.51. The van der Waals surface area contributed by atoms with E-state index in [0.29, 0.717) is 6.61 Å². The number of hydrogen-bond acceptors (Lipinski definition) is 2. The maximum absolute atomic E-state index is 5.97. The molecule has 1 aromatic heterocycles. The molecule has 0 aliphatic heterocycles. The Morgan fingerprint density at radius 2 is 1.82 bits per heavy atom. The summed E-state index contributed by atoms with van der Waals surface area (Å²) in [5, 5.41) is 0. The fraction of sp³-hybridized carbons (Fsp3) is 0.100. The second-order valence-electron chi connectivity index (χ2n) is 5.11. The molecule has 0 atom stereocenters. The van der Waals surface area contributed by atoms with Gasteiger partial charge in [-0.3, -0.25) is 0 Å². The SMILES string of the molecule is C=Cc1c(OCc2ccccc2)cccc1-c1ccc(C)o1. The fourth-order valence-corrected chi connectivity index (χ4v) is 2.41. The van der Waals surface area contributed by atoms with Crippen molar-refractivity contribution >= 4 is 6.08 Å². The van der Waals surface area contributed by atoms with Gasteiger partial charge in [0.15, 0.2) is 0 Å². The first kappa shape index (κ1) is 14.2. The molecular weight excluding hydrogens is 272 g/mol. The van der Waals surface area contributed by atoms with Gasteiger partial charge in [-0.1, -0.05) is 55.1 Å². The molecule has 110 valence electrons. The van der Waals surface area contributed by atoms with Crippen LogP contribution in [0, 0.1) is 6.92 Å². The van der Waals surface area contributed by atoms with E-state index in [1.807, 2.05) is 73.7 Å². The van der Waals surface area contributed by atoms with Crippen molar-refractivity contribution in [3.63, 3.8) is 0 Å². The van der Waals surface area contributed by atoms with E-state index in [0.717, 1.165) is 34.0 Å². The van der Waals surface area contributed by atoms with Gasteiger partial charge in [-0.2, -0.15) is 0 Å². The highest BCUT2D eigenvalue weighted by Crippen LogP contribution is 2.33. The smallest absolute Gasteiger partial charge is 0.134 e. The van der Waals surface area contributed by atoms with Crippen LogP contribution in [0.5, 0.6) is 5.75 Å². The molecule has 0 N–H and O–H groups in total. The molecule has 0 radical (unpaired) electrons. The zero-order chi connectivity index (χ0) is 15.4. The Balaban J connectivity index is 1.90. The third kappa shape index (κ3) is 2.96. The summed E-state index contributed by atoms with van der Waals surface area (Å²) in [6.07, 6.45) is 1.81. The minimum Gasteiger partial charge on any atom is -0.488 e. The molecular formula is C20H18O2. The summed E-state index contributed by atoms with van der Waals surface area (Å²) in [4.78, 5) is 0. The van der Waals surface area contributed by atoms with E-state index in [-0.39, 0.29) is 0 Å². The molecule has 0 aliphatic rings. The molecule has 0 fully saturated rings. The van der Waals surface area contributed by atoms with Crippen LogP contribution in [0.25, 0.3) is 17.4 Å². The summed E-state index contributed by atoms with van der Waals surface area (Å²) in [7, 11) is 0. The van der Waals surface area contributed by atoms with Crippen LogP contribution in [0.3, 0.4) is 0 Å². The monoisotopic (exact) mass is 290 g/mol. The first-order valence-electron chi connectivity index (χ1n) is 7.27. The molecule has 0 bridgehead atoms. The lowest BCUT2D eigenvalue weighted by atomic mass is 10.0. The Bertz CT molecular complexity index is 769. The van der Waals surface area contributed by atoms with E-state index >= 15 is 0 Å². The highest BCUT2D eigenvalue weighted by Gasteiger charge is 2.11. The molecule has 0 spiro atoms. The summed E-state index contributed by atoms with van der Waals surface area (Å²) in [6, 6.07) is 20.0. The number of ether oxygens (including phenoxy) is 1. The van der Waals surface area contributed by atoms with Crippen molar-refractivity contribution in [3.8, 4) is 17.1 Å². The van der Waals surface area contributed by atoms with Gasteiger partial charge in [0.25, 0.3) is 0 Å². The largest absolute Gasteiger partial charge is 0.488 e. The summed E-state index contributed by atoms with van der Waals surface area (Å²) in [6.45, 7) is 6.39. The van der Waals surface area contributed by atoms with Crippen molar-refractivity contribution in [2.75, 3.05) is 0 Å². The maximum atomic E-state index is 5.97. The average molecular weight is 290 g/mol. The van der Waals surface area contributed by atoms with E-state index in [9.17, 15) is 0 Å². The fourth-order valence-electron chi connectivity index (χ4n) is 2.41. The van der Waals surface area contributed by atoms with Crippen molar-refractivity contribution in [1.82, 2.24) is 0 Å². The van der Waals surface area contributed by atoms with Crippen molar-refractivity contribution < 1.29 is 9.15 Å². The third-order valence-corrected chi connectivity index (χ3v) is 3.51. The molecule has 0 aliphatic carbocycles. The van der Waals surface area contributed by atoms with Crippen LogP contribution in [0.4, 0.5) is 0 Å². The number of rotatable bonds is 5. The maximum Gasteiger partial charge on any atom is 0.134 e. The molecule has 0 amide bonds. The molecule has 3 rings (SSSR count). The van der Waals surface area contributed by atoms with E-state index in [2.05, 4.69) is 6.58 Å². The average Bonchev–Trinajstić information content (AvgIpc) is 2.99. The number of furan rings is 1. The first-order chi connectivity index (χ1) is 10.8. The topological polar surface area (TPSA) is 22.4 Å². The van der Waals surface area contributed by atoms with Crippen LogP contribution in [0.15, 0.2) is 71.7 Å². The van der Waals surface area contributed by atoms with E-state index in [4.69, 9.17) is 9.15 Å². The van der Waals surface area contributed by atoms with Crippen LogP contribution in [0.2, 0.25) is 0 Å². The Morgan fingerprint density at radius 3 is 2.50 bits per heavy atom. The normalized spacial score (nSPS) is 10.4. The Morgan fingerprint density at radius 1 is 1.00 bits per heavy atom. The second-order valence-corrected chi connectivity index (χ2v) is 5.11. The first-order valence-corrected chi connectivity index (χ1v) is 7.27. The zero-order valence-corrected chi connectivity index (χ0v) is 12.6. The predicted octanol–water partition coefficient (Wildman–Crippen LogP) is 5.48.